The summed E-state index contributed by atoms with van der Waals surface area (Å²) in [7, 11) is 0. The highest BCUT2D eigenvalue weighted by molar-refractivity contribution is 6.30. The largest absolute Gasteiger partial charge is 0.361 e. The Morgan fingerprint density at radius 1 is 0.442 bits per heavy atom. The lowest BCUT2D eigenvalue weighted by atomic mass is 9.71. The molecule has 430 valence electrons. The second kappa shape index (κ2) is 20.4. The third-order valence-corrected chi connectivity index (χ3v) is 14.5. The second-order valence-electron chi connectivity index (χ2n) is 19.1. The van der Waals surface area contributed by atoms with Crippen molar-refractivity contribution in [1.82, 2.24) is 19.9 Å². The molecule has 86 heavy (non-hydrogen) atoms. The fourth-order valence-electron chi connectivity index (χ4n) is 10.6. The van der Waals surface area contributed by atoms with E-state index in [2.05, 4.69) is 29.9 Å². The number of hydrogen-bond acceptors (Lipinski definition) is 6. The molecule has 0 radical (unpaired) electrons. The molecule has 1 unspecified atom stereocenters. The molecule has 5 aromatic carbocycles. The molecule has 3 aliphatic heterocycles. The van der Waals surface area contributed by atoms with E-state index in [9.17, 15) is 33.4 Å². The third-order valence-electron chi connectivity index (χ3n) is 14.5. The number of H-pyrrole nitrogens is 4. The molecule has 12 rings (SSSR count). The molecule has 0 spiro atoms. The Bertz CT molecular complexity index is 4740. The molecule has 0 saturated carbocycles. The number of non-ortho nitro benzene ring substituents is 2. The van der Waals surface area contributed by atoms with E-state index in [-0.39, 0.29) is 44.8 Å². The van der Waals surface area contributed by atoms with Gasteiger partial charge in [-0.25, -0.2) is 70.8 Å². The highest BCUT2D eigenvalue weighted by atomic mass is 19.2. The van der Waals surface area contributed by atoms with Gasteiger partial charge in [0, 0.05) is 91.9 Å². The lowest BCUT2D eigenvalue weighted by molar-refractivity contribution is -0.385. The zero-order chi connectivity index (χ0) is 61.1. The zero-order valence-electron chi connectivity index (χ0n) is 42.2. The number of nitro benzene ring substituents is 2. The van der Waals surface area contributed by atoms with Crippen LogP contribution >= 0.6 is 0 Å². The number of hydrogen-bond donors (Lipinski definition) is 4. The fraction of sp³-hybridized carbons (Fsp3) is 0.0169. The van der Waals surface area contributed by atoms with Crippen molar-refractivity contribution >= 4 is 45.1 Å². The molecule has 9 aromatic rings. The smallest absolute Gasteiger partial charge is 0.269 e. The van der Waals surface area contributed by atoms with Crippen LogP contribution < -0.4 is 10.7 Å². The minimum atomic E-state index is -2.57. The lowest BCUT2D eigenvalue weighted by Crippen LogP contribution is -2.38. The van der Waals surface area contributed by atoms with Gasteiger partial charge in [-0.15, -0.1) is 0 Å². The van der Waals surface area contributed by atoms with Crippen LogP contribution in [0.4, 0.5) is 77.2 Å². The van der Waals surface area contributed by atoms with E-state index >= 15 is 52.7 Å². The van der Waals surface area contributed by atoms with Gasteiger partial charge in [-0.2, -0.15) is 0 Å². The van der Waals surface area contributed by atoms with E-state index in [1.54, 1.807) is 0 Å². The average Bonchev–Trinajstić information content (AvgIpc) is 1.56. The number of nitro groups is 2. The summed E-state index contributed by atoms with van der Waals surface area (Å²) >= 11 is 0. The van der Waals surface area contributed by atoms with Crippen LogP contribution in [0.2, 0.25) is 0 Å². The van der Waals surface area contributed by atoms with E-state index in [0.29, 0.717) is 0 Å². The molecular formula is C59H25F15N8O4. The minimum Gasteiger partial charge on any atom is -0.361 e. The van der Waals surface area contributed by atoms with Crippen molar-refractivity contribution in [3.05, 3.63) is 313 Å². The van der Waals surface area contributed by atoms with Gasteiger partial charge in [0.15, 0.2) is 69.8 Å². The van der Waals surface area contributed by atoms with Crippen LogP contribution in [0.3, 0.4) is 0 Å². The SMILES string of the molecule is O=[N+]([O-])c1ccc(/C2=c3\cc/c([nH]3)=C(\c3c(F)c(F)c(F)c(F)c3F)c3ccc([nH]3)C(C3=N/C(=C(\c4ccc[nH]4)c4c(F)c(F)c(F)c(F)c4F)C=C3)(c3ccc([N+](=O)[O-])cc3)c3ccc([nH]3)/C(c3c(F)c(F)c(F)c(F)c3F)=C3/C=CC2=N3)cc1. The summed E-state index contributed by atoms with van der Waals surface area (Å²) in [6, 6.07) is 17.5. The van der Waals surface area contributed by atoms with Crippen molar-refractivity contribution in [2.45, 2.75) is 5.41 Å². The van der Waals surface area contributed by atoms with Crippen LogP contribution in [-0.4, -0.2) is 41.2 Å². The molecule has 1 atom stereocenters. The van der Waals surface area contributed by atoms with Crippen molar-refractivity contribution in [3.8, 4) is 0 Å². The quantitative estimate of drug-likeness (QED) is 0.0370. The third kappa shape index (κ3) is 8.34. The molecule has 8 bridgehead atoms. The Balaban J connectivity index is 1.28. The van der Waals surface area contributed by atoms with E-state index in [0.717, 1.165) is 97.1 Å². The highest BCUT2D eigenvalue weighted by Gasteiger charge is 2.46. The molecule has 4 aromatic heterocycles. The number of rotatable bonds is 9. The first kappa shape index (κ1) is 55.5. The fourth-order valence-corrected chi connectivity index (χ4v) is 10.6. The molecule has 4 N–H and O–H groups in total. The first-order valence-corrected chi connectivity index (χ1v) is 24.6. The Morgan fingerprint density at radius 2 is 0.907 bits per heavy atom. The predicted octanol–water partition coefficient (Wildman–Crippen LogP) is 12.9. The Labute approximate surface area is 468 Å². The van der Waals surface area contributed by atoms with Crippen molar-refractivity contribution in [3.63, 3.8) is 0 Å². The number of aromatic nitrogens is 4. The van der Waals surface area contributed by atoms with Crippen LogP contribution in [0.15, 0.2) is 149 Å². The number of nitrogens with one attached hydrogen (secondary N) is 4. The van der Waals surface area contributed by atoms with Gasteiger partial charge in [0.05, 0.1) is 49.4 Å². The molecule has 0 amide bonds. The van der Waals surface area contributed by atoms with Gasteiger partial charge in [-0.3, -0.25) is 25.2 Å². The topological polar surface area (TPSA) is 174 Å². The van der Waals surface area contributed by atoms with Crippen molar-refractivity contribution in [2.75, 3.05) is 0 Å². The average molecular weight is 1190 g/mol. The Hall–Kier alpha value is -11.0. The second-order valence-corrected chi connectivity index (χ2v) is 19.1. The summed E-state index contributed by atoms with van der Waals surface area (Å²) in [6.45, 7) is 0. The summed E-state index contributed by atoms with van der Waals surface area (Å²) in [6.07, 6.45) is 5.51. The molecule has 3 aliphatic rings. The summed E-state index contributed by atoms with van der Waals surface area (Å²) < 4.78 is 235. The van der Waals surface area contributed by atoms with E-state index in [1.807, 2.05) is 0 Å². The molecule has 0 fully saturated rings. The molecule has 0 saturated heterocycles. The summed E-state index contributed by atoms with van der Waals surface area (Å²) in [5.41, 5.74) is -15.1. The van der Waals surface area contributed by atoms with E-state index in [4.69, 9.17) is 0 Å². The van der Waals surface area contributed by atoms with Crippen LogP contribution in [-0.2, 0) is 5.41 Å². The van der Waals surface area contributed by atoms with Crippen molar-refractivity contribution in [1.29, 1.82) is 0 Å². The van der Waals surface area contributed by atoms with Crippen LogP contribution in [0.25, 0.3) is 22.3 Å². The van der Waals surface area contributed by atoms with Gasteiger partial charge in [-0.05, 0) is 96.1 Å². The van der Waals surface area contributed by atoms with Crippen LogP contribution in [0, 0.1) is 107 Å². The maximum atomic E-state index is 16.5. The molecular weight excluding hydrogens is 1170 g/mol. The normalized spacial score (nSPS) is 18.3. The van der Waals surface area contributed by atoms with Crippen molar-refractivity contribution in [2.24, 2.45) is 9.98 Å². The molecule has 0 aliphatic carbocycles. The monoisotopic (exact) mass is 1190 g/mol. The number of halogens is 15. The lowest BCUT2D eigenvalue weighted by Gasteiger charge is -2.33. The number of aliphatic imine (C=N–C) groups is 2. The molecule has 27 heteroatoms. The highest BCUT2D eigenvalue weighted by Crippen LogP contribution is 2.47. The number of fused-ring (bicyclic) bond motifs is 7. The Kier molecular flexibility index (Phi) is 13.2. The van der Waals surface area contributed by atoms with Crippen molar-refractivity contribution < 1.29 is 75.7 Å². The summed E-state index contributed by atoms with van der Waals surface area (Å²) in [4.78, 5) is 42.9. The standard InChI is InChI=1S/C59H25F15N8O4/c60-44-41(45(61)51(67)56(72)50(44)66)38(26-2-1-21-75-26)31-15-18-34(78-31)59(23-5-9-25(10-6-23)82(85)86)35-19-16-32(79-35)39(42-46(62)52(68)57(73)53(69)47(42)63)29-13-11-27(76-29)37(22-3-7-24(8-4-22)81(83)84)28-12-14-30(77-28)40(33-17-20-36(59)80-33)43-48(64)54(70)58(74)55(71)49(43)65/h1-21,75-76,79-80H/b37-27-,38-31+,39-29+,40-30+. The summed E-state index contributed by atoms with van der Waals surface area (Å²) in [5, 5.41) is 23.3. The van der Waals surface area contributed by atoms with E-state index in [1.165, 1.54) is 30.5 Å². The number of aromatic amines is 4. The number of allylic oxidation sites excluding steroid dienone is 4. The zero-order valence-corrected chi connectivity index (χ0v) is 42.2. The van der Waals surface area contributed by atoms with Gasteiger partial charge in [0.25, 0.3) is 11.4 Å². The number of nitrogens with zero attached hydrogens (tertiary/aromatic N) is 4. The predicted molar refractivity (Wildman–Crippen MR) is 277 cm³/mol. The van der Waals surface area contributed by atoms with Gasteiger partial charge in [0.1, 0.15) is 5.41 Å². The maximum Gasteiger partial charge on any atom is 0.269 e. The maximum absolute atomic E-state index is 16.5. The molecule has 12 nitrogen and oxygen atoms in total. The van der Waals surface area contributed by atoms with Gasteiger partial charge < -0.3 is 19.9 Å². The van der Waals surface area contributed by atoms with Crippen LogP contribution in [0.5, 0.6) is 0 Å². The van der Waals surface area contributed by atoms with Gasteiger partial charge in [-0.1, -0.05) is 12.1 Å². The first-order chi connectivity index (χ1) is 41.0. The van der Waals surface area contributed by atoms with Crippen LogP contribution in [0.1, 0.15) is 56.3 Å². The minimum absolute atomic E-state index is 0.0286. The first-order valence-electron chi connectivity index (χ1n) is 24.6. The summed E-state index contributed by atoms with van der Waals surface area (Å²) in [5.74, 6) is -36.3. The van der Waals surface area contributed by atoms with Gasteiger partial charge >= 0.3 is 0 Å². The Morgan fingerprint density at radius 3 is 1.41 bits per heavy atom. The number of benzene rings is 5. The van der Waals surface area contributed by atoms with E-state index < -0.39 is 181 Å². The molecule has 7 heterocycles. The van der Waals surface area contributed by atoms with Gasteiger partial charge in [0.2, 0.25) is 17.5 Å².